The van der Waals surface area contributed by atoms with Gasteiger partial charge in [-0.3, -0.25) is 14.2 Å². The Morgan fingerprint density at radius 1 is 0.493 bits per heavy atom. The van der Waals surface area contributed by atoms with Crippen LogP contribution in [0.25, 0.3) is 0 Å². The summed E-state index contributed by atoms with van der Waals surface area (Å²) < 4.78 is 30.2. The molecule has 0 aromatic heterocycles. The number of phosphoric ester groups is 1. The van der Waals surface area contributed by atoms with Crippen LogP contribution in [0, 0.1) is 0 Å². The maximum absolute atomic E-state index is 13.5. The number of esters is 1. The van der Waals surface area contributed by atoms with E-state index in [2.05, 4.69) is 74.7 Å². The predicted molar refractivity (Wildman–Crippen MR) is 302 cm³/mol. The molecular weight excluding hydrogens is 904 g/mol. The quantitative estimate of drug-likeness (QED) is 0.0212. The van der Waals surface area contributed by atoms with Crippen molar-refractivity contribution in [3.8, 4) is 0 Å². The highest BCUT2D eigenvalue weighted by Gasteiger charge is 2.27. The van der Waals surface area contributed by atoms with E-state index >= 15 is 0 Å². The fraction of sp³-hybridized carbons (Fsp3) is 0.803. The number of hydrogen-bond acceptors (Lipinski definition) is 7. The van der Waals surface area contributed by atoms with Gasteiger partial charge in [-0.05, 0) is 89.5 Å². The largest absolute Gasteiger partial charge is 0.756 e. The number of phosphoric acid groups is 1. The lowest BCUT2D eigenvalue weighted by Gasteiger charge is -2.30. The van der Waals surface area contributed by atoms with E-state index < -0.39 is 26.6 Å². The monoisotopic (exact) mass is 1020 g/mol. The molecule has 0 aliphatic carbocycles. The van der Waals surface area contributed by atoms with Gasteiger partial charge in [0.05, 0.1) is 33.8 Å². The Bertz CT molecular complexity index is 1400. The Hall–Kier alpha value is -2.29. The number of carbonyl (C=O) groups excluding carboxylic acids is 2. The Morgan fingerprint density at radius 2 is 0.873 bits per heavy atom. The summed E-state index contributed by atoms with van der Waals surface area (Å²) in [4.78, 5) is 39.8. The first-order valence-corrected chi connectivity index (χ1v) is 31.1. The molecule has 414 valence electrons. The van der Waals surface area contributed by atoms with Crippen LogP contribution in [0.15, 0.2) is 60.8 Å². The first-order valence-electron chi connectivity index (χ1n) is 29.6. The summed E-state index contributed by atoms with van der Waals surface area (Å²) >= 11 is 0. The number of ether oxygens (including phenoxy) is 1. The zero-order valence-corrected chi connectivity index (χ0v) is 48.1. The molecule has 0 saturated carbocycles. The highest BCUT2D eigenvalue weighted by atomic mass is 31.2. The summed E-state index contributed by atoms with van der Waals surface area (Å²) in [6.07, 6.45) is 63.3. The maximum atomic E-state index is 13.5. The molecular formula is C61H113N2O7P. The van der Waals surface area contributed by atoms with Crippen molar-refractivity contribution in [2.75, 3.05) is 40.9 Å². The van der Waals surface area contributed by atoms with Crippen LogP contribution >= 0.6 is 7.82 Å². The number of nitrogens with zero attached hydrogens (tertiary/aromatic N) is 1. The SMILES string of the molecule is CCCC/C=C\CCCCCCCC(=O)OC(/C=C\CCCCCCCCCCC)C(COP(=O)([O-])OCC[N+](C)(C)C)NC(=O)CCCCCCCCCCCC/C=C\C/C=C\C/C=C\CCCCC. The molecule has 3 unspecified atom stereocenters. The van der Waals surface area contributed by atoms with Crippen LogP contribution in [0.5, 0.6) is 0 Å². The molecule has 0 aromatic carbocycles. The van der Waals surface area contributed by atoms with Crippen molar-refractivity contribution in [3.63, 3.8) is 0 Å². The second-order valence-corrected chi connectivity index (χ2v) is 22.6. The number of unbranched alkanes of at least 4 members (excludes halogenated alkanes) is 29. The average Bonchev–Trinajstić information content (AvgIpc) is 3.33. The normalized spacial score (nSPS) is 14.2. The van der Waals surface area contributed by atoms with Crippen LogP contribution in [0.4, 0.5) is 0 Å². The average molecular weight is 1020 g/mol. The van der Waals surface area contributed by atoms with Gasteiger partial charge in [0.2, 0.25) is 5.91 Å². The minimum atomic E-state index is -4.69. The van der Waals surface area contributed by atoms with Crippen LogP contribution in [0.2, 0.25) is 0 Å². The Kier molecular flexibility index (Phi) is 49.6. The molecule has 1 N–H and O–H groups in total. The number of amides is 1. The molecule has 0 rings (SSSR count). The summed E-state index contributed by atoms with van der Waals surface area (Å²) in [6, 6.07) is -0.893. The number of allylic oxidation sites excluding steroid dienone is 9. The third kappa shape index (κ3) is 52.4. The zero-order valence-electron chi connectivity index (χ0n) is 47.2. The van der Waals surface area contributed by atoms with E-state index in [9.17, 15) is 19.0 Å². The van der Waals surface area contributed by atoms with Gasteiger partial charge in [-0.15, -0.1) is 0 Å². The fourth-order valence-corrected chi connectivity index (χ4v) is 9.00. The van der Waals surface area contributed by atoms with Gasteiger partial charge in [-0.25, -0.2) is 0 Å². The van der Waals surface area contributed by atoms with Gasteiger partial charge in [-0.1, -0.05) is 223 Å². The van der Waals surface area contributed by atoms with Crippen molar-refractivity contribution in [2.24, 2.45) is 0 Å². The topological polar surface area (TPSA) is 114 Å². The molecule has 0 bridgehead atoms. The lowest BCUT2D eigenvalue weighted by Crippen LogP contribution is -2.47. The van der Waals surface area contributed by atoms with Crippen LogP contribution in [0.1, 0.15) is 265 Å². The van der Waals surface area contributed by atoms with Crippen molar-refractivity contribution >= 4 is 19.7 Å². The molecule has 0 aromatic rings. The number of likely N-dealkylation sites (N-methyl/N-ethyl adjacent to an activating group) is 1. The van der Waals surface area contributed by atoms with Crippen molar-refractivity contribution in [2.45, 2.75) is 277 Å². The van der Waals surface area contributed by atoms with E-state index in [-0.39, 0.29) is 24.9 Å². The summed E-state index contributed by atoms with van der Waals surface area (Å²) in [5, 5.41) is 3.02. The van der Waals surface area contributed by atoms with E-state index in [1.165, 1.54) is 122 Å². The van der Waals surface area contributed by atoms with Gasteiger partial charge in [0, 0.05) is 12.8 Å². The van der Waals surface area contributed by atoms with E-state index in [1.54, 1.807) is 0 Å². The molecule has 71 heavy (non-hydrogen) atoms. The van der Waals surface area contributed by atoms with Crippen molar-refractivity contribution in [1.29, 1.82) is 0 Å². The second-order valence-electron chi connectivity index (χ2n) is 21.1. The molecule has 0 saturated heterocycles. The second kappa shape index (κ2) is 51.2. The predicted octanol–water partition coefficient (Wildman–Crippen LogP) is 17.3. The molecule has 0 radical (unpaired) electrons. The standard InChI is InChI=1S/C61H113N2O7P/c1-7-10-13-16-19-22-25-26-27-28-29-30-31-32-33-34-35-36-39-41-44-47-50-53-60(64)62-58(57-69-71(66,67)68-56-55-63(4,5)6)59(52-49-46-43-40-37-23-20-17-14-11-8-2)70-61(65)54-51-48-45-42-38-24-21-18-15-12-9-3/h18-19,21-22,26-27,29-30,49,52,58-59H,7-17,20,23-25,28,31-48,50-51,53-57H2,1-6H3,(H-,62,64,66,67)/b21-18-,22-19-,27-26-,30-29-,52-49-. The molecule has 3 atom stereocenters. The van der Waals surface area contributed by atoms with Gasteiger partial charge >= 0.3 is 5.97 Å². The molecule has 9 nitrogen and oxygen atoms in total. The number of nitrogens with one attached hydrogen (secondary N) is 1. The number of quaternary nitrogens is 1. The van der Waals surface area contributed by atoms with Gasteiger partial charge in [0.25, 0.3) is 7.82 Å². The molecule has 1 amide bonds. The third-order valence-corrected chi connectivity index (χ3v) is 13.9. The van der Waals surface area contributed by atoms with Gasteiger partial charge in [0.1, 0.15) is 19.3 Å². The van der Waals surface area contributed by atoms with Crippen molar-refractivity contribution < 1.29 is 37.3 Å². The number of carbonyl (C=O) groups is 2. The minimum Gasteiger partial charge on any atom is -0.756 e. The highest BCUT2D eigenvalue weighted by Crippen LogP contribution is 2.38. The zero-order chi connectivity index (χ0) is 52.2. The number of hydrogen-bond donors (Lipinski definition) is 1. The Labute approximate surface area is 439 Å². The molecule has 10 heteroatoms. The van der Waals surface area contributed by atoms with Gasteiger partial charge in [-0.2, -0.15) is 0 Å². The molecule has 0 heterocycles. The van der Waals surface area contributed by atoms with Crippen LogP contribution < -0.4 is 10.2 Å². The lowest BCUT2D eigenvalue weighted by molar-refractivity contribution is -0.870. The molecule has 0 aliphatic rings. The van der Waals surface area contributed by atoms with E-state index in [0.717, 1.165) is 109 Å². The Balaban J connectivity index is 5.15. The Morgan fingerprint density at radius 3 is 1.37 bits per heavy atom. The first kappa shape index (κ1) is 68.7. The summed E-state index contributed by atoms with van der Waals surface area (Å²) in [5.41, 5.74) is 0. The van der Waals surface area contributed by atoms with Crippen LogP contribution in [0.3, 0.4) is 0 Å². The van der Waals surface area contributed by atoms with Crippen molar-refractivity contribution in [1.82, 2.24) is 5.32 Å². The smallest absolute Gasteiger partial charge is 0.306 e. The highest BCUT2D eigenvalue weighted by molar-refractivity contribution is 7.45. The molecule has 0 fully saturated rings. The van der Waals surface area contributed by atoms with Crippen molar-refractivity contribution in [3.05, 3.63) is 60.8 Å². The lowest BCUT2D eigenvalue weighted by atomic mass is 10.0. The maximum Gasteiger partial charge on any atom is 0.306 e. The van der Waals surface area contributed by atoms with Crippen LogP contribution in [-0.2, 0) is 27.9 Å². The summed E-state index contributed by atoms with van der Waals surface area (Å²) in [7, 11) is 1.18. The first-order chi connectivity index (χ1) is 34.4. The third-order valence-electron chi connectivity index (χ3n) is 12.9. The summed E-state index contributed by atoms with van der Waals surface area (Å²) in [6.45, 7) is 6.76. The number of rotatable bonds is 53. The van der Waals surface area contributed by atoms with Gasteiger partial charge < -0.3 is 28.5 Å². The van der Waals surface area contributed by atoms with E-state index in [0.29, 0.717) is 17.4 Å². The summed E-state index contributed by atoms with van der Waals surface area (Å²) in [5.74, 6) is -0.556. The van der Waals surface area contributed by atoms with E-state index in [1.807, 2.05) is 33.3 Å². The van der Waals surface area contributed by atoms with E-state index in [4.69, 9.17) is 13.8 Å². The van der Waals surface area contributed by atoms with Crippen LogP contribution in [-0.4, -0.2) is 69.4 Å². The van der Waals surface area contributed by atoms with Gasteiger partial charge in [0.15, 0.2) is 0 Å². The molecule has 0 spiro atoms. The fourth-order valence-electron chi connectivity index (χ4n) is 8.27. The molecule has 0 aliphatic heterocycles. The minimum absolute atomic E-state index is 0.0254.